The third-order valence-corrected chi connectivity index (χ3v) is 5.51. The van der Waals surface area contributed by atoms with Crippen LogP contribution in [0.4, 0.5) is 11.5 Å². The molecule has 140 valence electrons. The number of hydrogen-bond acceptors (Lipinski definition) is 7. The molecule has 2 aromatic heterocycles. The van der Waals surface area contributed by atoms with Crippen molar-refractivity contribution in [2.75, 3.05) is 11.4 Å². The number of methoxy groups -OCH3 is 1. The molecule has 0 aliphatic rings. The molecule has 0 unspecified atom stereocenters. The molecule has 0 aliphatic carbocycles. The Bertz CT molecular complexity index is 1040. The third kappa shape index (κ3) is 3.75. The highest BCUT2D eigenvalue weighted by Gasteiger charge is 2.33. The van der Waals surface area contributed by atoms with Crippen LogP contribution >= 0.6 is 0 Å². The topological polar surface area (TPSA) is 116 Å². The van der Waals surface area contributed by atoms with Crippen molar-refractivity contribution in [1.82, 2.24) is 4.98 Å². The number of aromatic nitrogens is 1. The first-order valence-electron chi connectivity index (χ1n) is 7.72. The van der Waals surface area contributed by atoms with E-state index in [1.165, 1.54) is 31.7 Å². The summed E-state index contributed by atoms with van der Waals surface area (Å²) in [4.78, 5) is 14.3. The summed E-state index contributed by atoms with van der Waals surface area (Å²) in [6.45, 7) is -0.171. The lowest BCUT2D eigenvalue weighted by molar-refractivity contribution is -0.387. The normalized spacial score (nSPS) is 11.1. The zero-order valence-corrected chi connectivity index (χ0v) is 15.0. The number of anilines is 1. The van der Waals surface area contributed by atoms with Gasteiger partial charge < -0.3 is 9.15 Å². The van der Waals surface area contributed by atoms with Crippen molar-refractivity contribution in [3.8, 4) is 5.75 Å². The van der Waals surface area contributed by atoms with Crippen LogP contribution in [0.5, 0.6) is 5.75 Å². The first-order valence-corrected chi connectivity index (χ1v) is 9.16. The molecule has 0 saturated heterocycles. The summed E-state index contributed by atoms with van der Waals surface area (Å²) in [6, 6.07) is 11.5. The van der Waals surface area contributed by atoms with E-state index in [4.69, 9.17) is 9.15 Å². The van der Waals surface area contributed by atoms with Crippen molar-refractivity contribution in [3.05, 3.63) is 76.9 Å². The molecule has 3 aromatic rings. The molecule has 9 nitrogen and oxygen atoms in total. The largest absolute Gasteiger partial charge is 0.497 e. The number of nitro groups is 1. The van der Waals surface area contributed by atoms with Crippen molar-refractivity contribution < 1.29 is 22.5 Å². The molecular formula is C17H15N3O6S. The second kappa shape index (κ2) is 7.46. The Labute approximate surface area is 155 Å². The molecule has 0 N–H and O–H groups in total. The minimum atomic E-state index is -4.32. The van der Waals surface area contributed by atoms with E-state index >= 15 is 0 Å². The summed E-state index contributed by atoms with van der Waals surface area (Å²) in [6.07, 6.45) is 2.84. The molecule has 2 heterocycles. The number of rotatable bonds is 7. The molecule has 27 heavy (non-hydrogen) atoms. The van der Waals surface area contributed by atoms with Crippen LogP contribution in [0.2, 0.25) is 0 Å². The number of ether oxygens (including phenoxy) is 1. The Balaban J connectivity index is 2.15. The van der Waals surface area contributed by atoms with E-state index in [0.717, 1.165) is 16.4 Å². The monoisotopic (exact) mass is 389 g/mol. The predicted molar refractivity (Wildman–Crippen MR) is 96.0 cm³/mol. The number of sulfonamides is 1. The summed E-state index contributed by atoms with van der Waals surface area (Å²) < 4.78 is 37.7. The Morgan fingerprint density at radius 1 is 1.22 bits per heavy atom. The third-order valence-electron chi connectivity index (χ3n) is 3.72. The van der Waals surface area contributed by atoms with Gasteiger partial charge in [0.15, 0.2) is 4.90 Å². The summed E-state index contributed by atoms with van der Waals surface area (Å²) in [5, 5.41) is 11.4. The Morgan fingerprint density at radius 2 is 2.04 bits per heavy atom. The first kappa shape index (κ1) is 18.4. The van der Waals surface area contributed by atoms with Gasteiger partial charge in [-0.25, -0.2) is 17.7 Å². The van der Waals surface area contributed by atoms with Crippen molar-refractivity contribution >= 4 is 21.5 Å². The summed E-state index contributed by atoms with van der Waals surface area (Å²) >= 11 is 0. The minimum Gasteiger partial charge on any atom is -0.497 e. The molecule has 0 radical (unpaired) electrons. The van der Waals surface area contributed by atoms with E-state index in [2.05, 4.69) is 4.98 Å². The van der Waals surface area contributed by atoms with Crippen LogP contribution in [0.25, 0.3) is 0 Å². The maximum Gasteiger partial charge on any atom is 0.293 e. The van der Waals surface area contributed by atoms with Gasteiger partial charge in [0.25, 0.3) is 15.7 Å². The van der Waals surface area contributed by atoms with E-state index in [1.807, 2.05) is 0 Å². The quantitative estimate of drug-likeness (QED) is 0.450. The molecule has 1 aromatic carbocycles. The van der Waals surface area contributed by atoms with E-state index in [1.54, 1.807) is 24.3 Å². The number of nitrogens with zero attached hydrogens (tertiary/aromatic N) is 3. The zero-order chi connectivity index (χ0) is 19.4. The SMILES string of the molecule is COc1ccc(S(=O)(=O)N(Cc2ccco2)c2ccccn2)c([N+](=O)[O-])c1. The fraction of sp³-hybridized carbons (Fsp3) is 0.118. The van der Waals surface area contributed by atoms with Gasteiger partial charge in [0.05, 0.1) is 30.9 Å². The number of benzene rings is 1. The summed E-state index contributed by atoms with van der Waals surface area (Å²) in [5.41, 5.74) is -0.588. The Kier molecular flexibility index (Phi) is 5.08. The maximum atomic E-state index is 13.3. The number of furan rings is 1. The van der Waals surface area contributed by atoms with Gasteiger partial charge in [0.2, 0.25) is 0 Å². The highest BCUT2D eigenvalue weighted by atomic mass is 32.2. The van der Waals surface area contributed by atoms with Gasteiger partial charge in [-0.3, -0.25) is 10.1 Å². The van der Waals surface area contributed by atoms with Gasteiger partial charge >= 0.3 is 0 Å². The van der Waals surface area contributed by atoms with Crippen LogP contribution < -0.4 is 9.04 Å². The molecule has 0 spiro atoms. The molecule has 0 saturated carbocycles. The fourth-order valence-corrected chi connectivity index (χ4v) is 3.96. The number of pyridine rings is 1. The van der Waals surface area contributed by atoms with Crippen LogP contribution in [0.15, 0.2) is 70.3 Å². The number of hydrogen-bond donors (Lipinski definition) is 0. The smallest absolute Gasteiger partial charge is 0.293 e. The van der Waals surface area contributed by atoms with Gasteiger partial charge in [0, 0.05) is 6.20 Å². The lowest BCUT2D eigenvalue weighted by Gasteiger charge is -2.22. The lowest BCUT2D eigenvalue weighted by Crippen LogP contribution is -2.31. The van der Waals surface area contributed by atoms with E-state index < -0.39 is 25.5 Å². The van der Waals surface area contributed by atoms with Crippen molar-refractivity contribution in [2.24, 2.45) is 0 Å². The number of nitro benzene ring substituents is 1. The minimum absolute atomic E-state index is 0.110. The van der Waals surface area contributed by atoms with E-state index in [0.29, 0.717) is 5.76 Å². The van der Waals surface area contributed by atoms with Gasteiger partial charge in [-0.05, 0) is 36.4 Å². The van der Waals surface area contributed by atoms with Crippen LogP contribution in [-0.2, 0) is 16.6 Å². The van der Waals surface area contributed by atoms with Crippen molar-refractivity contribution in [3.63, 3.8) is 0 Å². The highest BCUT2D eigenvalue weighted by molar-refractivity contribution is 7.93. The molecule has 10 heteroatoms. The average molecular weight is 389 g/mol. The predicted octanol–water partition coefficient (Wildman–Crippen LogP) is 2.99. The lowest BCUT2D eigenvalue weighted by atomic mass is 10.3. The van der Waals surface area contributed by atoms with Crippen LogP contribution in [0, 0.1) is 10.1 Å². The Hall–Kier alpha value is -3.40. The second-order valence-electron chi connectivity index (χ2n) is 5.37. The second-order valence-corrected chi connectivity index (χ2v) is 7.20. The Morgan fingerprint density at radius 3 is 2.63 bits per heavy atom. The molecule has 0 fully saturated rings. The molecule has 0 bridgehead atoms. The molecule has 0 aliphatic heterocycles. The molecular weight excluding hydrogens is 374 g/mol. The van der Waals surface area contributed by atoms with Crippen LogP contribution in [0.3, 0.4) is 0 Å². The zero-order valence-electron chi connectivity index (χ0n) is 14.2. The average Bonchev–Trinajstić information content (AvgIpc) is 3.19. The van der Waals surface area contributed by atoms with Gasteiger partial charge in [0.1, 0.15) is 17.3 Å². The molecule has 0 atom stereocenters. The van der Waals surface area contributed by atoms with Crippen LogP contribution in [-0.4, -0.2) is 25.4 Å². The summed E-state index contributed by atoms with van der Waals surface area (Å²) in [5.74, 6) is 0.649. The van der Waals surface area contributed by atoms with Gasteiger partial charge in [-0.1, -0.05) is 6.07 Å². The first-order chi connectivity index (χ1) is 12.9. The van der Waals surface area contributed by atoms with Crippen molar-refractivity contribution in [1.29, 1.82) is 0 Å². The standard InChI is InChI=1S/C17H15N3O6S/c1-25-13-7-8-16(15(11-13)20(21)22)27(23,24)19(12-14-5-4-10-26-14)17-6-2-3-9-18-17/h2-11H,12H2,1H3. The van der Waals surface area contributed by atoms with Gasteiger partial charge in [-0.15, -0.1) is 0 Å². The van der Waals surface area contributed by atoms with Crippen LogP contribution in [0.1, 0.15) is 5.76 Å². The molecule has 3 rings (SSSR count). The maximum absolute atomic E-state index is 13.3. The van der Waals surface area contributed by atoms with E-state index in [-0.39, 0.29) is 18.1 Å². The van der Waals surface area contributed by atoms with E-state index in [9.17, 15) is 18.5 Å². The highest BCUT2D eigenvalue weighted by Crippen LogP contribution is 2.33. The molecule has 0 amide bonds. The summed E-state index contributed by atoms with van der Waals surface area (Å²) in [7, 11) is -2.98. The van der Waals surface area contributed by atoms with Crippen molar-refractivity contribution in [2.45, 2.75) is 11.4 Å². The van der Waals surface area contributed by atoms with Gasteiger partial charge in [-0.2, -0.15) is 0 Å². The fourth-order valence-electron chi connectivity index (χ4n) is 2.44.